The predicted octanol–water partition coefficient (Wildman–Crippen LogP) is 2.81. The topological polar surface area (TPSA) is 150 Å². The van der Waals surface area contributed by atoms with Gasteiger partial charge in [-0.15, -0.1) is 0 Å². The number of hydrogen-bond acceptors (Lipinski definition) is 5. The second-order valence-corrected chi connectivity index (χ2v) is 6.31. The van der Waals surface area contributed by atoms with Gasteiger partial charge < -0.3 is 20.8 Å². The normalized spacial score (nSPS) is 10.8. The third-order valence-corrected chi connectivity index (χ3v) is 3.95. The third-order valence-electron chi connectivity index (χ3n) is 3.95. The first-order valence-electron chi connectivity index (χ1n) is 8.60. The van der Waals surface area contributed by atoms with Gasteiger partial charge in [-0.25, -0.2) is 9.59 Å². The molecule has 0 aliphatic rings. The van der Waals surface area contributed by atoms with Crippen molar-refractivity contribution < 1.29 is 34.2 Å². The Hall–Kier alpha value is -4.27. The van der Waals surface area contributed by atoms with Crippen molar-refractivity contribution in [2.45, 2.75) is 13.8 Å². The number of nitrogens with one attached hydrogen (secondary N) is 2. The predicted molar refractivity (Wildman–Crippen MR) is 108 cm³/mol. The van der Waals surface area contributed by atoms with Crippen LogP contribution in [0.5, 0.6) is 0 Å². The van der Waals surface area contributed by atoms with Gasteiger partial charge >= 0.3 is 11.9 Å². The minimum Gasteiger partial charge on any atom is -0.478 e. The van der Waals surface area contributed by atoms with E-state index in [0.29, 0.717) is 11.3 Å². The van der Waals surface area contributed by atoms with E-state index in [1.165, 1.54) is 13.8 Å². The van der Waals surface area contributed by atoms with Crippen LogP contribution in [0.2, 0.25) is 0 Å². The van der Waals surface area contributed by atoms with Gasteiger partial charge in [0.2, 0.25) is 5.91 Å². The van der Waals surface area contributed by atoms with Gasteiger partial charge in [-0.1, -0.05) is 0 Å². The third kappa shape index (κ3) is 5.86. The van der Waals surface area contributed by atoms with Crippen molar-refractivity contribution in [3.8, 4) is 0 Å². The highest BCUT2D eigenvalue weighted by Crippen LogP contribution is 2.17. The quantitative estimate of drug-likeness (QED) is 0.405. The van der Waals surface area contributed by atoms with Crippen LogP contribution in [0.1, 0.15) is 44.9 Å². The number of rotatable bonds is 7. The summed E-state index contributed by atoms with van der Waals surface area (Å²) >= 11 is 0. The van der Waals surface area contributed by atoms with E-state index in [1.54, 1.807) is 24.3 Å². The number of anilines is 2. The van der Waals surface area contributed by atoms with Gasteiger partial charge in [-0.2, -0.15) is 0 Å². The van der Waals surface area contributed by atoms with E-state index >= 15 is 0 Å². The lowest BCUT2D eigenvalue weighted by atomic mass is 10.1. The number of carbonyl (C=O) groups excluding carboxylic acids is 3. The minimum absolute atomic E-state index is 0.00505. The number of Topliss-reactive ketones (excluding diaryl/α,β-unsaturated/α-hetero) is 1. The number of hydrogen-bond donors (Lipinski definition) is 4. The Morgan fingerprint density at radius 1 is 0.733 bits per heavy atom. The number of amides is 2. The van der Waals surface area contributed by atoms with Gasteiger partial charge in [0.25, 0.3) is 5.91 Å². The molecular weight excluding hydrogens is 392 g/mol. The van der Waals surface area contributed by atoms with E-state index in [1.807, 2.05) is 0 Å². The van der Waals surface area contributed by atoms with Crippen molar-refractivity contribution in [1.82, 2.24) is 0 Å². The summed E-state index contributed by atoms with van der Waals surface area (Å²) in [5, 5.41) is 23.1. The van der Waals surface area contributed by atoms with Gasteiger partial charge in [0.05, 0.1) is 11.1 Å². The van der Waals surface area contributed by atoms with Crippen LogP contribution in [0.25, 0.3) is 0 Å². The number of aromatic carboxylic acids is 2. The maximum Gasteiger partial charge on any atom is 0.335 e. The van der Waals surface area contributed by atoms with Crippen LogP contribution in [0.15, 0.2) is 54.1 Å². The molecule has 0 bridgehead atoms. The van der Waals surface area contributed by atoms with Crippen molar-refractivity contribution in [2.24, 2.45) is 0 Å². The van der Waals surface area contributed by atoms with E-state index in [0.717, 1.165) is 24.3 Å². The summed E-state index contributed by atoms with van der Waals surface area (Å²) < 4.78 is 0. The average Bonchev–Trinajstić information content (AvgIpc) is 2.67. The zero-order chi connectivity index (χ0) is 22.4. The largest absolute Gasteiger partial charge is 0.478 e. The molecule has 2 amide bonds. The SMILES string of the molecule is CC(=O)c1ccc(NC(=O)/C=C(/C)C(=O)Nc2cc(C(=O)O)cc(C(=O)O)c2)cc1. The van der Waals surface area contributed by atoms with Gasteiger partial charge in [-0.05, 0) is 56.3 Å². The standard InChI is InChI=1S/C21H18N2O7/c1-11(7-18(25)22-16-5-3-13(4-6-16)12(2)24)19(26)23-17-9-14(20(27)28)8-15(10-17)21(29)30/h3-10H,1-2H3,(H,22,25)(H,23,26)(H,27,28)(H,29,30)/b11-7-. The van der Waals surface area contributed by atoms with Gasteiger partial charge in [0.1, 0.15) is 0 Å². The Labute approximate surface area is 171 Å². The van der Waals surface area contributed by atoms with Crippen molar-refractivity contribution >= 4 is 40.9 Å². The molecule has 0 unspecified atom stereocenters. The molecule has 9 heteroatoms. The van der Waals surface area contributed by atoms with Crippen LogP contribution in [-0.2, 0) is 9.59 Å². The maximum absolute atomic E-state index is 12.3. The van der Waals surface area contributed by atoms with E-state index in [-0.39, 0.29) is 28.2 Å². The molecule has 30 heavy (non-hydrogen) atoms. The average molecular weight is 410 g/mol. The number of carboxylic acids is 2. The highest BCUT2D eigenvalue weighted by molar-refractivity contribution is 6.10. The molecule has 2 aromatic carbocycles. The monoisotopic (exact) mass is 410 g/mol. The fraction of sp³-hybridized carbons (Fsp3) is 0.0952. The van der Waals surface area contributed by atoms with Crippen molar-refractivity contribution in [3.05, 3.63) is 70.8 Å². The fourth-order valence-corrected chi connectivity index (χ4v) is 2.41. The van der Waals surface area contributed by atoms with Crippen LogP contribution >= 0.6 is 0 Å². The van der Waals surface area contributed by atoms with E-state index in [9.17, 15) is 24.0 Å². The highest BCUT2D eigenvalue weighted by Gasteiger charge is 2.14. The lowest BCUT2D eigenvalue weighted by Crippen LogP contribution is -2.17. The molecule has 0 aliphatic carbocycles. The molecule has 0 aliphatic heterocycles. The van der Waals surface area contributed by atoms with E-state index in [2.05, 4.69) is 10.6 Å². The summed E-state index contributed by atoms with van der Waals surface area (Å²) in [5.41, 5.74) is 0.269. The second-order valence-electron chi connectivity index (χ2n) is 6.31. The second kappa shape index (κ2) is 9.28. The van der Waals surface area contributed by atoms with Crippen LogP contribution < -0.4 is 10.6 Å². The molecule has 0 spiro atoms. The van der Waals surface area contributed by atoms with Crippen LogP contribution in [0.3, 0.4) is 0 Å². The van der Waals surface area contributed by atoms with E-state index in [4.69, 9.17) is 10.2 Å². The van der Waals surface area contributed by atoms with Gasteiger partial charge in [0, 0.05) is 28.6 Å². The van der Waals surface area contributed by atoms with Crippen molar-refractivity contribution in [1.29, 1.82) is 0 Å². The summed E-state index contributed by atoms with van der Waals surface area (Å²) in [6.45, 7) is 2.79. The van der Waals surface area contributed by atoms with Gasteiger partial charge in [0.15, 0.2) is 5.78 Å². The molecule has 4 N–H and O–H groups in total. The van der Waals surface area contributed by atoms with Crippen LogP contribution in [0, 0.1) is 0 Å². The molecule has 0 aromatic heterocycles. The Kier molecular flexibility index (Phi) is 6.82. The Balaban J connectivity index is 2.12. The molecule has 9 nitrogen and oxygen atoms in total. The zero-order valence-electron chi connectivity index (χ0n) is 16.1. The molecule has 154 valence electrons. The minimum atomic E-state index is -1.35. The molecule has 0 radical (unpaired) electrons. The fourth-order valence-electron chi connectivity index (χ4n) is 2.41. The Morgan fingerprint density at radius 3 is 1.73 bits per heavy atom. The summed E-state index contributed by atoms with van der Waals surface area (Å²) in [4.78, 5) is 57.9. The lowest BCUT2D eigenvalue weighted by molar-refractivity contribution is -0.114. The molecule has 0 heterocycles. The smallest absolute Gasteiger partial charge is 0.335 e. The molecule has 2 aromatic rings. The zero-order valence-corrected chi connectivity index (χ0v) is 16.1. The molecule has 0 saturated heterocycles. The highest BCUT2D eigenvalue weighted by atomic mass is 16.4. The van der Waals surface area contributed by atoms with Crippen LogP contribution in [-0.4, -0.2) is 39.7 Å². The molecule has 2 rings (SSSR count). The first-order valence-corrected chi connectivity index (χ1v) is 8.60. The Bertz CT molecular complexity index is 1040. The summed E-state index contributed by atoms with van der Waals surface area (Å²) in [5.74, 6) is -4.12. The van der Waals surface area contributed by atoms with Crippen molar-refractivity contribution in [3.63, 3.8) is 0 Å². The lowest BCUT2D eigenvalue weighted by Gasteiger charge is -2.08. The summed E-state index contributed by atoms with van der Waals surface area (Å²) in [6.07, 6.45) is 1.04. The van der Waals surface area contributed by atoms with Crippen LogP contribution in [0.4, 0.5) is 11.4 Å². The van der Waals surface area contributed by atoms with Crippen molar-refractivity contribution in [2.75, 3.05) is 10.6 Å². The number of benzene rings is 2. The van der Waals surface area contributed by atoms with E-state index < -0.39 is 23.8 Å². The molecule has 0 fully saturated rings. The number of carbonyl (C=O) groups is 5. The molecular formula is C21H18N2O7. The first kappa shape index (κ1) is 22.0. The molecule has 0 atom stereocenters. The number of carboxylic acid groups (broad SMARTS) is 2. The summed E-state index contributed by atoms with van der Waals surface area (Å²) in [6, 6.07) is 9.37. The maximum atomic E-state index is 12.3. The molecule has 0 saturated carbocycles. The first-order chi connectivity index (χ1) is 14.1. The summed E-state index contributed by atoms with van der Waals surface area (Å²) in [7, 11) is 0. The number of ketones is 1. The Morgan fingerprint density at radius 2 is 1.27 bits per heavy atom. The van der Waals surface area contributed by atoms with Gasteiger partial charge in [-0.3, -0.25) is 14.4 Å².